The fourth-order valence-electron chi connectivity index (χ4n) is 2.45. The zero-order valence-corrected chi connectivity index (χ0v) is 10.7. The van der Waals surface area contributed by atoms with Gasteiger partial charge in [-0.15, -0.1) is 0 Å². The molecule has 98 valence electrons. The first-order valence-corrected chi connectivity index (χ1v) is 6.54. The predicted molar refractivity (Wildman–Crippen MR) is 68.9 cm³/mol. The maximum atomic E-state index is 10.8. The van der Waals surface area contributed by atoms with E-state index < -0.39 is 5.97 Å². The molecule has 0 saturated carbocycles. The third-order valence-electron chi connectivity index (χ3n) is 3.49. The molecule has 1 unspecified atom stereocenters. The molecule has 1 N–H and O–H groups in total. The largest absolute Gasteiger partial charge is 0.478 e. The Morgan fingerprint density at radius 2 is 2.11 bits per heavy atom. The maximum Gasteiger partial charge on any atom is 0.338 e. The van der Waals surface area contributed by atoms with Crippen molar-refractivity contribution >= 4 is 11.9 Å². The number of carbonyl (C=O) groups is 1. The SMILES string of the molecule is CCC1CCCCCN1c1ncc(C(=O)O)cn1. The molecular weight excluding hydrogens is 230 g/mol. The molecule has 5 nitrogen and oxygen atoms in total. The van der Waals surface area contributed by atoms with Crippen LogP contribution in [-0.2, 0) is 0 Å². The molecular formula is C13H19N3O2. The molecule has 0 amide bonds. The molecule has 18 heavy (non-hydrogen) atoms. The van der Waals surface area contributed by atoms with Crippen LogP contribution in [0.3, 0.4) is 0 Å². The van der Waals surface area contributed by atoms with Crippen molar-refractivity contribution in [2.45, 2.75) is 45.1 Å². The molecule has 1 aliphatic heterocycles. The summed E-state index contributed by atoms with van der Waals surface area (Å²) >= 11 is 0. The Balaban J connectivity index is 2.19. The molecule has 1 fully saturated rings. The molecule has 2 heterocycles. The lowest BCUT2D eigenvalue weighted by Gasteiger charge is -2.29. The minimum Gasteiger partial charge on any atom is -0.478 e. The highest BCUT2D eigenvalue weighted by Gasteiger charge is 2.21. The van der Waals surface area contributed by atoms with Crippen molar-refractivity contribution in [3.05, 3.63) is 18.0 Å². The number of anilines is 1. The third-order valence-corrected chi connectivity index (χ3v) is 3.49. The summed E-state index contributed by atoms with van der Waals surface area (Å²) in [5.41, 5.74) is 0.140. The summed E-state index contributed by atoms with van der Waals surface area (Å²) in [6.45, 7) is 3.14. The van der Waals surface area contributed by atoms with E-state index in [2.05, 4.69) is 21.8 Å². The van der Waals surface area contributed by atoms with Crippen LogP contribution in [0.4, 0.5) is 5.95 Å². The lowest BCUT2D eigenvalue weighted by molar-refractivity contribution is 0.0696. The maximum absolute atomic E-state index is 10.8. The Hall–Kier alpha value is -1.65. The van der Waals surface area contributed by atoms with Crippen LogP contribution in [0.2, 0.25) is 0 Å². The van der Waals surface area contributed by atoms with Gasteiger partial charge < -0.3 is 10.0 Å². The fourth-order valence-corrected chi connectivity index (χ4v) is 2.45. The molecule has 0 aliphatic carbocycles. The van der Waals surface area contributed by atoms with Gasteiger partial charge in [0.25, 0.3) is 0 Å². The molecule has 1 aromatic rings. The molecule has 1 aromatic heterocycles. The molecule has 2 rings (SSSR count). The van der Waals surface area contributed by atoms with E-state index in [1.54, 1.807) is 0 Å². The van der Waals surface area contributed by atoms with Crippen LogP contribution < -0.4 is 4.90 Å². The van der Waals surface area contributed by atoms with Gasteiger partial charge in [0.1, 0.15) is 0 Å². The number of hydrogen-bond acceptors (Lipinski definition) is 4. The molecule has 0 bridgehead atoms. The van der Waals surface area contributed by atoms with Gasteiger partial charge in [0.15, 0.2) is 0 Å². The smallest absolute Gasteiger partial charge is 0.338 e. The zero-order valence-electron chi connectivity index (χ0n) is 10.7. The van der Waals surface area contributed by atoms with E-state index in [9.17, 15) is 4.79 Å². The van der Waals surface area contributed by atoms with Gasteiger partial charge in [0.05, 0.1) is 5.56 Å². The highest BCUT2D eigenvalue weighted by molar-refractivity contribution is 5.86. The first kappa shape index (κ1) is 12.8. The van der Waals surface area contributed by atoms with Gasteiger partial charge in [-0.05, 0) is 19.3 Å². The van der Waals surface area contributed by atoms with Crippen LogP contribution in [-0.4, -0.2) is 33.6 Å². The van der Waals surface area contributed by atoms with Crippen LogP contribution in [0.1, 0.15) is 49.4 Å². The van der Waals surface area contributed by atoms with Gasteiger partial charge in [-0.2, -0.15) is 0 Å². The van der Waals surface area contributed by atoms with Gasteiger partial charge in [-0.3, -0.25) is 0 Å². The Bertz CT molecular complexity index is 405. The topological polar surface area (TPSA) is 66.3 Å². The van der Waals surface area contributed by atoms with E-state index in [0.29, 0.717) is 12.0 Å². The van der Waals surface area contributed by atoms with E-state index >= 15 is 0 Å². The molecule has 5 heteroatoms. The Kier molecular flexibility index (Phi) is 4.12. The molecule has 0 aromatic carbocycles. The highest BCUT2D eigenvalue weighted by atomic mass is 16.4. The minimum atomic E-state index is -0.982. The molecule has 1 atom stereocenters. The van der Waals surface area contributed by atoms with Crippen molar-refractivity contribution in [2.24, 2.45) is 0 Å². The number of rotatable bonds is 3. The Labute approximate surface area is 107 Å². The monoisotopic (exact) mass is 249 g/mol. The van der Waals surface area contributed by atoms with Crippen LogP contribution in [0, 0.1) is 0 Å². The van der Waals surface area contributed by atoms with E-state index in [0.717, 1.165) is 19.4 Å². The highest BCUT2D eigenvalue weighted by Crippen LogP contribution is 2.22. The van der Waals surface area contributed by atoms with Gasteiger partial charge in [0, 0.05) is 25.0 Å². The molecule has 0 spiro atoms. The second-order valence-corrected chi connectivity index (χ2v) is 4.68. The van der Waals surface area contributed by atoms with E-state index in [4.69, 9.17) is 5.11 Å². The van der Waals surface area contributed by atoms with E-state index in [1.807, 2.05) is 0 Å². The van der Waals surface area contributed by atoms with Gasteiger partial charge in [0.2, 0.25) is 5.95 Å². The number of nitrogens with zero attached hydrogens (tertiary/aromatic N) is 3. The quantitative estimate of drug-likeness (QED) is 0.890. The second-order valence-electron chi connectivity index (χ2n) is 4.68. The van der Waals surface area contributed by atoms with Crippen molar-refractivity contribution in [1.29, 1.82) is 0 Å². The van der Waals surface area contributed by atoms with Crippen LogP contribution in [0.5, 0.6) is 0 Å². The minimum absolute atomic E-state index is 0.140. The van der Waals surface area contributed by atoms with Crippen molar-refractivity contribution in [3.8, 4) is 0 Å². The van der Waals surface area contributed by atoms with Crippen LogP contribution >= 0.6 is 0 Å². The van der Waals surface area contributed by atoms with E-state index in [-0.39, 0.29) is 5.56 Å². The van der Waals surface area contributed by atoms with Crippen molar-refractivity contribution < 1.29 is 9.90 Å². The number of aromatic nitrogens is 2. The van der Waals surface area contributed by atoms with Gasteiger partial charge in [-0.1, -0.05) is 19.8 Å². The van der Waals surface area contributed by atoms with Crippen molar-refractivity contribution in [2.75, 3.05) is 11.4 Å². The number of aromatic carboxylic acids is 1. The Morgan fingerprint density at radius 1 is 1.39 bits per heavy atom. The van der Waals surface area contributed by atoms with Crippen LogP contribution in [0.25, 0.3) is 0 Å². The molecule has 1 aliphatic rings. The number of carboxylic acids is 1. The average Bonchev–Trinajstić information content (AvgIpc) is 2.63. The predicted octanol–water partition coefficient (Wildman–Crippen LogP) is 2.33. The summed E-state index contributed by atoms with van der Waals surface area (Å²) in [6.07, 6.45) is 8.68. The van der Waals surface area contributed by atoms with Gasteiger partial charge >= 0.3 is 5.97 Å². The Morgan fingerprint density at radius 3 is 2.72 bits per heavy atom. The van der Waals surface area contributed by atoms with Crippen molar-refractivity contribution in [1.82, 2.24) is 9.97 Å². The lowest BCUT2D eigenvalue weighted by Crippen LogP contribution is -2.35. The lowest BCUT2D eigenvalue weighted by atomic mass is 10.1. The zero-order chi connectivity index (χ0) is 13.0. The summed E-state index contributed by atoms with van der Waals surface area (Å²) in [6, 6.07) is 0.475. The molecule has 0 radical (unpaired) electrons. The second kappa shape index (κ2) is 5.80. The van der Waals surface area contributed by atoms with Gasteiger partial charge in [-0.25, -0.2) is 14.8 Å². The summed E-state index contributed by atoms with van der Waals surface area (Å²) in [5, 5.41) is 8.84. The number of carboxylic acid groups (broad SMARTS) is 1. The van der Waals surface area contributed by atoms with Crippen molar-refractivity contribution in [3.63, 3.8) is 0 Å². The normalized spacial score (nSPS) is 20.5. The molecule has 1 saturated heterocycles. The summed E-state index contributed by atoms with van der Waals surface area (Å²) in [5.74, 6) is -0.321. The third kappa shape index (κ3) is 2.78. The summed E-state index contributed by atoms with van der Waals surface area (Å²) in [4.78, 5) is 21.4. The number of hydrogen-bond donors (Lipinski definition) is 1. The summed E-state index contributed by atoms with van der Waals surface area (Å²) in [7, 11) is 0. The first-order chi connectivity index (χ1) is 8.72. The standard InChI is InChI=1S/C13H19N3O2/c1-2-11-6-4-3-5-7-16(11)13-14-8-10(9-15-13)12(17)18/h8-9,11H,2-7H2,1H3,(H,17,18). The van der Waals surface area contributed by atoms with Crippen LogP contribution in [0.15, 0.2) is 12.4 Å². The first-order valence-electron chi connectivity index (χ1n) is 6.54. The average molecular weight is 249 g/mol. The van der Waals surface area contributed by atoms with E-state index in [1.165, 1.54) is 31.7 Å². The summed E-state index contributed by atoms with van der Waals surface area (Å²) < 4.78 is 0. The fraction of sp³-hybridized carbons (Fsp3) is 0.615.